The third kappa shape index (κ3) is 4.63. The second-order valence-corrected chi connectivity index (χ2v) is 4.69. The van der Waals surface area contributed by atoms with Crippen molar-refractivity contribution in [3.63, 3.8) is 0 Å². The van der Waals surface area contributed by atoms with Gasteiger partial charge in [0.25, 0.3) is 0 Å². The summed E-state index contributed by atoms with van der Waals surface area (Å²) in [7, 11) is 1.62. The number of rotatable bonds is 6. The minimum Gasteiger partial charge on any atom is -0.497 e. The van der Waals surface area contributed by atoms with Gasteiger partial charge in [-0.2, -0.15) is 5.26 Å². The van der Waals surface area contributed by atoms with Crippen LogP contribution in [0, 0.1) is 11.3 Å². The Hall–Kier alpha value is -2.02. The number of nitriles is 1. The lowest BCUT2D eigenvalue weighted by Gasteiger charge is -2.21. The monoisotopic (exact) mass is 260 g/mol. The normalized spacial score (nSPS) is 13.2. The maximum Gasteiger partial charge on any atom is 0.221 e. The number of ether oxygens (including phenoxy) is 1. The van der Waals surface area contributed by atoms with Gasteiger partial charge in [-0.05, 0) is 37.5 Å². The average molecular weight is 260 g/mol. The van der Waals surface area contributed by atoms with Gasteiger partial charge in [0.15, 0.2) is 0 Å². The molecule has 1 amide bonds. The molecule has 0 bridgehead atoms. The van der Waals surface area contributed by atoms with Crippen LogP contribution in [-0.2, 0) is 11.2 Å². The summed E-state index contributed by atoms with van der Waals surface area (Å²) in [6.07, 6.45) is 1.63. The first-order valence-electron chi connectivity index (χ1n) is 6.38. The number of methoxy groups -OCH3 is 1. The highest BCUT2D eigenvalue weighted by Gasteiger charge is 2.23. The van der Waals surface area contributed by atoms with Crippen LogP contribution in [0.4, 0.5) is 0 Å². The fourth-order valence-electron chi connectivity index (χ4n) is 1.62. The Labute approximate surface area is 114 Å². The van der Waals surface area contributed by atoms with Crippen LogP contribution in [0.25, 0.3) is 0 Å². The van der Waals surface area contributed by atoms with Crippen LogP contribution >= 0.6 is 0 Å². The van der Waals surface area contributed by atoms with Gasteiger partial charge in [0.05, 0.1) is 13.2 Å². The molecule has 4 nitrogen and oxygen atoms in total. The second kappa shape index (κ2) is 6.79. The summed E-state index contributed by atoms with van der Waals surface area (Å²) in [4.78, 5) is 11.8. The summed E-state index contributed by atoms with van der Waals surface area (Å²) >= 11 is 0. The molecule has 0 heterocycles. The Kier molecular flexibility index (Phi) is 5.37. The van der Waals surface area contributed by atoms with E-state index < -0.39 is 5.54 Å². The summed E-state index contributed by atoms with van der Waals surface area (Å²) in [5.41, 5.74) is 0.308. The molecule has 1 aromatic carbocycles. The van der Waals surface area contributed by atoms with Gasteiger partial charge >= 0.3 is 0 Å². The van der Waals surface area contributed by atoms with E-state index in [0.717, 1.165) is 11.3 Å². The van der Waals surface area contributed by atoms with E-state index in [1.807, 2.05) is 31.2 Å². The van der Waals surface area contributed by atoms with E-state index in [9.17, 15) is 4.79 Å². The van der Waals surface area contributed by atoms with Gasteiger partial charge in [-0.15, -0.1) is 0 Å². The molecular formula is C15H20N2O2. The fourth-order valence-corrected chi connectivity index (χ4v) is 1.62. The number of aryl methyl sites for hydroxylation is 1. The standard InChI is InChI=1S/C15H20N2O2/c1-4-15(2,11-16)17-14(18)10-7-12-5-8-13(19-3)9-6-12/h5-6,8-9H,4,7,10H2,1-3H3,(H,17,18). The molecule has 1 N–H and O–H groups in total. The average Bonchev–Trinajstić information content (AvgIpc) is 2.45. The van der Waals surface area contributed by atoms with E-state index in [1.54, 1.807) is 14.0 Å². The van der Waals surface area contributed by atoms with Crippen molar-refractivity contribution in [3.8, 4) is 11.8 Å². The number of hydrogen-bond donors (Lipinski definition) is 1. The quantitative estimate of drug-likeness (QED) is 0.854. The number of carbonyl (C=O) groups excluding carboxylic acids is 1. The lowest BCUT2D eigenvalue weighted by atomic mass is 10.0. The number of hydrogen-bond acceptors (Lipinski definition) is 3. The highest BCUT2D eigenvalue weighted by atomic mass is 16.5. The van der Waals surface area contributed by atoms with E-state index in [2.05, 4.69) is 11.4 Å². The summed E-state index contributed by atoms with van der Waals surface area (Å²) < 4.78 is 5.07. The molecule has 102 valence electrons. The van der Waals surface area contributed by atoms with Crippen LogP contribution in [0.1, 0.15) is 32.3 Å². The molecule has 0 aliphatic heterocycles. The zero-order valence-corrected chi connectivity index (χ0v) is 11.7. The summed E-state index contributed by atoms with van der Waals surface area (Å²) in [5, 5.41) is 11.8. The second-order valence-electron chi connectivity index (χ2n) is 4.69. The lowest BCUT2D eigenvalue weighted by molar-refractivity contribution is -0.122. The van der Waals surface area contributed by atoms with Crippen LogP contribution < -0.4 is 10.1 Å². The van der Waals surface area contributed by atoms with E-state index in [1.165, 1.54) is 0 Å². The Bertz CT molecular complexity index is 462. The zero-order chi connectivity index (χ0) is 14.3. The SMILES string of the molecule is CCC(C)(C#N)NC(=O)CCc1ccc(OC)cc1. The third-order valence-corrected chi connectivity index (χ3v) is 3.17. The Morgan fingerprint density at radius 1 is 1.42 bits per heavy atom. The molecule has 0 aliphatic carbocycles. The number of nitrogens with zero attached hydrogens (tertiary/aromatic N) is 1. The smallest absolute Gasteiger partial charge is 0.221 e. The molecule has 19 heavy (non-hydrogen) atoms. The van der Waals surface area contributed by atoms with Crippen LogP contribution in [0.5, 0.6) is 5.75 Å². The van der Waals surface area contributed by atoms with Crippen LogP contribution in [0.15, 0.2) is 24.3 Å². The Morgan fingerprint density at radius 2 is 2.05 bits per heavy atom. The van der Waals surface area contributed by atoms with Gasteiger partial charge in [-0.1, -0.05) is 19.1 Å². The zero-order valence-electron chi connectivity index (χ0n) is 11.7. The predicted octanol–water partition coefficient (Wildman–Crippen LogP) is 2.44. The molecule has 1 rings (SSSR count). The molecular weight excluding hydrogens is 240 g/mol. The first-order valence-corrected chi connectivity index (χ1v) is 6.38. The van der Waals surface area contributed by atoms with Crippen molar-refractivity contribution in [2.75, 3.05) is 7.11 Å². The summed E-state index contributed by atoms with van der Waals surface area (Å²) in [6.45, 7) is 3.62. The number of amides is 1. The summed E-state index contributed by atoms with van der Waals surface area (Å²) in [6, 6.07) is 9.75. The molecule has 0 saturated carbocycles. The van der Waals surface area contributed by atoms with Crippen molar-refractivity contribution < 1.29 is 9.53 Å². The van der Waals surface area contributed by atoms with E-state index in [-0.39, 0.29) is 5.91 Å². The van der Waals surface area contributed by atoms with E-state index >= 15 is 0 Å². The molecule has 0 radical (unpaired) electrons. The number of benzene rings is 1. The third-order valence-electron chi connectivity index (χ3n) is 3.17. The van der Waals surface area contributed by atoms with Gasteiger partial charge < -0.3 is 10.1 Å². The van der Waals surface area contributed by atoms with Gasteiger partial charge in [0, 0.05) is 6.42 Å². The highest BCUT2D eigenvalue weighted by molar-refractivity contribution is 5.77. The maximum absolute atomic E-state index is 11.8. The highest BCUT2D eigenvalue weighted by Crippen LogP contribution is 2.13. The summed E-state index contributed by atoms with van der Waals surface area (Å²) in [5.74, 6) is 0.706. The molecule has 1 aromatic rings. The molecule has 0 saturated heterocycles. The first-order chi connectivity index (χ1) is 9.03. The largest absolute Gasteiger partial charge is 0.497 e. The minimum atomic E-state index is -0.767. The Morgan fingerprint density at radius 3 is 2.53 bits per heavy atom. The van der Waals surface area contributed by atoms with E-state index in [4.69, 9.17) is 10.00 Å². The van der Waals surface area contributed by atoms with Crippen LogP contribution in [0.3, 0.4) is 0 Å². The topological polar surface area (TPSA) is 62.1 Å². The molecule has 0 spiro atoms. The van der Waals surface area contributed by atoms with Crippen molar-refractivity contribution in [1.82, 2.24) is 5.32 Å². The van der Waals surface area contributed by atoms with Gasteiger partial charge in [-0.25, -0.2) is 0 Å². The molecule has 0 fully saturated rings. The number of nitrogens with one attached hydrogen (secondary N) is 1. The van der Waals surface area contributed by atoms with Gasteiger partial charge in [0.2, 0.25) is 5.91 Å². The minimum absolute atomic E-state index is 0.0956. The molecule has 0 aromatic heterocycles. The molecule has 4 heteroatoms. The number of carbonyl (C=O) groups is 1. The maximum atomic E-state index is 11.8. The van der Waals surface area contributed by atoms with Crippen molar-refractivity contribution in [1.29, 1.82) is 5.26 Å². The van der Waals surface area contributed by atoms with Crippen molar-refractivity contribution >= 4 is 5.91 Å². The Balaban J connectivity index is 2.48. The predicted molar refractivity (Wildman–Crippen MR) is 73.8 cm³/mol. The first kappa shape index (κ1) is 15.0. The van der Waals surface area contributed by atoms with E-state index in [0.29, 0.717) is 19.3 Å². The molecule has 0 aliphatic rings. The van der Waals surface area contributed by atoms with Crippen LogP contribution in [0.2, 0.25) is 0 Å². The van der Waals surface area contributed by atoms with Crippen molar-refractivity contribution in [2.45, 2.75) is 38.6 Å². The van der Waals surface area contributed by atoms with Crippen molar-refractivity contribution in [2.24, 2.45) is 0 Å². The molecule has 1 unspecified atom stereocenters. The van der Waals surface area contributed by atoms with Crippen molar-refractivity contribution in [3.05, 3.63) is 29.8 Å². The van der Waals surface area contributed by atoms with Gasteiger partial charge in [0.1, 0.15) is 11.3 Å². The fraction of sp³-hybridized carbons (Fsp3) is 0.467. The lowest BCUT2D eigenvalue weighted by Crippen LogP contribution is -2.44. The van der Waals surface area contributed by atoms with Crippen LogP contribution in [-0.4, -0.2) is 18.6 Å². The molecule has 1 atom stereocenters. The van der Waals surface area contributed by atoms with Gasteiger partial charge in [-0.3, -0.25) is 4.79 Å².